The third kappa shape index (κ3) is 4.92. The molecule has 0 fully saturated rings. The molecular weight excluding hydrogens is 504 g/mol. The zero-order valence-corrected chi connectivity index (χ0v) is 24.0. The van der Waals surface area contributed by atoms with Crippen LogP contribution in [0.2, 0.25) is 5.02 Å². The number of nitrogens with zero attached hydrogens (tertiary/aromatic N) is 4. The molecular formula is C29H33ClN4O2S. The summed E-state index contributed by atoms with van der Waals surface area (Å²) in [6.07, 6.45) is 0.249. The smallest absolute Gasteiger partial charge is 0.186 e. The Kier molecular flexibility index (Phi) is 6.67. The van der Waals surface area contributed by atoms with Gasteiger partial charge in [-0.15, -0.1) is 0 Å². The predicted octanol–water partition coefficient (Wildman–Crippen LogP) is 6.97. The predicted molar refractivity (Wildman–Crippen MR) is 152 cm³/mol. The lowest BCUT2D eigenvalue weighted by molar-refractivity contribution is -0.138. The van der Waals surface area contributed by atoms with Crippen LogP contribution in [-0.2, 0) is 29.5 Å². The fourth-order valence-electron chi connectivity index (χ4n) is 5.22. The molecule has 4 aromatic rings. The van der Waals surface area contributed by atoms with Crippen molar-refractivity contribution >= 4 is 44.1 Å². The molecule has 0 saturated carbocycles. The molecule has 0 radical (unpaired) electrons. The monoisotopic (exact) mass is 536 g/mol. The van der Waals surface area contributed by atoms with Gasteiger partial charge in [0.25, 0.3) is 0 Å². The zero-order chi connectivity index (χ0) is 26.6. The molecule has 0 spiro atoms. The van der Waals surface area contributed by atoms with Gasteiger partial charge in [-0.1, -0.05) is 35.1 Å². The molecule has 1 aliphatic rings. The van der Waals surface area contributed by atoms with Crippen molar-refractivity contribution in [1.29, 1.82) is 0 Å². The maximum Gasteiger partial charge on any atom is 0.186 e. The van der Waals surface area contributed by atoms with E-state index in [1.54, 1.807) is 18.3 Å². The van der Waals surface area contributed by atoms with E-state index in [-0.39, 0.29) is 5.78 Å². The normalized spacial score (nSPS) is 14.8. The number of Topliss-reactive ketones (excluding diaryl/α,β-unsaturated/α-hetero) is 1. The summed E-state index contributed by atoms with van der Waals surface area (Å²) in [6.45, 7) is 13.3. The van der Waals surface area contributed by atoms with Crippen LogP contribution in [0.25, 0.3) is 21.3 Å². The molecule has 37 heavy (non-hydrogen) atoms. The summed E-state index contributed by atoms with van der Waals surface area (Å²) < 4.78 is 9.42. The number of benzene rings is 2. The highest BCUT2D eigenvalue weighted by Crippen LogP contribution is 2.45. The molecule has 0 bridgehead atoms. The van der Waals surface area contributed by atoms with Gasteiger partial charge in [-0.3, -0.25) is 9.48 Å². The number of aryl methyl sites for hydroxylation is 3. The second kappa shape index (κ2) is 9.53. The summed E-state index contributed by atoms with van der Waals surface area (Å²) in [5.41, 5.74) is 7.99. The number of fused-ring (bicyclic) bond motifs is 2. The highest BCUT2D eigenvalue weighted by molar-refractivity contribution is 7.22. The molecule has 5 rings (SSSR count). The number of anilines is 1. The van der Waals surface area contributed by atoms with E-state index in [2.05, 4.69) is 23.0 Å². The van der Waals surface area contributed by atoms with Crippen molar-refractivity contribution in [2.24, 2.45) is 7.05 Å². The van der Waals surface area contributed by atoms with Crippen LogP contribution in [0.5, 0.6) is 0 Å². The van der Waals surface area contributed by atoms with Crippen molar-refractivity contribution in [2.75, 3.05) is 11.4 Å². The minimum Gasteiger partial charge on any atom is -0.360 e. The van der Waals surface area contributed by atoms with Gasteiger partial charge in [0.1, 0.15) is 6.10 Å². The van der Waals surface area contributed by atoms with E-state index in [1.165, 1.54) is 11.3 Å². The number of thiazole rings is 1. The molecule has 194 valence electrons. The van der Waals surface area contributed by atoms with Crippen molar-refractivity contribution in [2.45, 2.75) is 66.2 Å². The Hall–Kier alpha value is -2.74. The van der Waals surface area contributed by atoms with Crippen LogP contribution in [0.3, 0.4) is 0 Å². The summed E-state index contributed by atoms with van der Waals surface area (Å²) in [5.74, 6) is -0.0204. The summed E-state index contributed by atoms with van der Waals surface area (Å²) in [4.78, 5) is 20.4. The number of ketones is 1. The maximum atomic E-state index is 13.0. The molecule has 0 unspecified atom stereocenters. The van der Waals surface area contributed by atoms with Gasteiger partial charge < -0.3 is 9.64 Å². The molecule has 1 aliphatic heterocycles. The fraction of sp³-hybridized carbons (Fsp3) is 0.414. The zero-order valence-electron chi connectivity index (χ0n) is 22.5. The van der Waals surface area contributed by atoms with Gasteiger partial charge in [0.15, 0.2) is 10.9 Å². The first-order valence-corrected chi connectivity index (χ1v) is 13.8. The van der Waals surface area contributed by atoms with Gasteiger partial charge in [0.05, 0.1) is 21.5 Å². The topological polar surface area (TPSA) is 60.2 Å². The lowest BCUT2D eigenvalue weighted by atomic mass is 9.90. The van der Waals surface area contributed by atoms with Gasteiger partial charge in [0.2, 0.25) is 0 Å². The van der Waals surface area contributed by atoms with Crippen LogP contribution < -0.4 is 4.90 Å². The number of aromatic nitrogens is 3. The largest absolute Gasteiger partial charge is 0.360 e. The average Bonchev–Trinajstić information content (AvgIpc) is 3.37. The third-order valence-electron chi connectivity index (χ3n) is 6.87. The number of carbonyl (C=O) groups is 1. The molecule has 1 atom stereocenters. The second-order valence-corrected chi connectivity index (χ2v) is 12.3. The molecule has 3 heterocycles. The van der Waals surface area contributed by atoms with Gasteiger partial charge in [-0.25, -0.2) is 4.98 Å². The molecule has 2 aromatic heterocycles. The van der Waals surface area contributed by atoms with Gasteiger partial charge in [-0.2, -0.15) is 5.10 Å². The average molecular weight is 537 g/mol. The lowest BCUT2D eigenvalue weighted by Crippen LogP contribution is -2.30. The number of hydrogen-bond acceptors (Lipinski definition) is 6. The quantitative estimate of drug-likeness (QED) is 0.275. The molecule has 0 aliphatic carbocycles. The molecule has 8 heteroatoms. The minimum atomic E-state index is -0.684. The first-order valence-electron chi connectivity index (χ1n) is 12.6. The Bertz CT molecular complexity index is 1500. The number of rotatable bonds is 5. The second-order valence-electron chi connectivity index (χ2n) is 10.9. The Morgan fingerprint density at radius 3 is 2.54 bits per heavy atom. The molecule has 0 amide bonds. The molecule has 6 nitrogen and oxygen atoms in total. The summed E-state index contributed by atoms with van der Waals surface area (Å²) in [6, 6.07) is 9.90. The van der Waals surface area contributed by atoms with Crippen LogP contribution in [0.15, 0.2) is 30.3 Å². The summed E-state index contributed by atoms with van der Waals surface area (Å²) in [7, 11) is 2.02. The molecule has 0 N–H and O–H groups in total. The van der Waals surface area contributed by atoms with E-state index in [0.29, 0.717) is 5.02 Å². The van der Waals surface area contributed by atoms with Crippen LogP contribution >= 0.6 is 22.9 Å². The lowest BCUT2D eigenvalue weighted by Gasteiger charge is -2.29. The van der Waals surface area contributed by atoms with Gasteiger partial charge in [-0.05, 0) is 70.9 Å². The fourth-order valence-corrected chi connectivity index (χ4v) is 6.49. The molecule has 2 aromatic carbocycles. The van der Waals surface area contributed by atoms with Crippen molar-refractivity contribution in [1.82, 2.24) is 14.8 Å². The van der Waals surface area contributed by atoms with E-state index in [4.69, 9.17) is 21.3 Å². The maximum absolute atomic E-state index is 13.0. The third-order valence-corrected chi connectivity index (χ3v) is 8.27. The van der Waals surface area contributed by atoms with E-state index in [9.17, 15) is 4.79 Å². The standard InChI is InChI=1S/C29H33ClN4O2S/c1-16-14-22-27(37-28(31-22)34-13-12-23-21(15-34)17(2)32-33(23)7)25(19-8-10-20(30)11-9-19)24(16)26(18(3)35)36-29(4,5)6/h8-11,14,26H,12-13,15H2,1-7H3/t26-/m1/s1. The van der Waals surface area contributed by atoms with E-state index < -0.39 is 11.7 Å². The number of ether oxygens (including phenoxy) is 1. The van der Waals surface area contributed by atoms with Gasteiger partial charge >= 0.3 is 0 Å². The number of carbonyl (C=O) groups excluding carboxylic acids is 1. The first kappa shape index (κ1) is 25.9. The van der Waals surface area contributed by atoms with Crippen molar-refractivity contribution in [3.8, 4) is 11.1 Å². The number of halogens is 1. The summed E-state index contributed by atoms with van der Waals surface area (Å²) in [5, 5.41) is 6.28. The van der Waals surface area contributed by atoms with Crippen molar-refractivity contribution in [3.63, 3.8) is 0 Å². The van der Waals surface area contributed by atoms with Crippen LogP contribution in [0.1, 0.15) is 61.9 Å². The Labute approximate surface area is 227 Å². The highest BCUT2D eigenvalue weighted by Gasteiger charge is 2.31. The SMILES string of the molecule is CC(=O)[C@@H](OC(C)(C)C)c1c(C)cc2nc(N3CCc4c(c(C)nn4C)C3)sc2c1-c1ccc(Cl)cc1. The molecule has 0 saturated heterocycles. The van der Waals surface area contributed by atoms with Crippen LogP contribution in [-0.4, -0.2) is 32.7 Å². The van der Waals surface area contributed by atoms with Crippen molar-refractivity contribution < 1.29 is 9.53 Å². The summed E-state index contributed by atoms with van der Waals surface area (Å²) >= 11 is 7.92. The van der Waals surface area contributed by atoms with E-state index in [1.807, 2.05) is 63.7 Å². The first-order chi connectivity index (χ1) is 17.4. The Morgan fingerprint density at radius 2 is 1.89 bits per heavy atom. The highest BCUT2D eigenvalue weighted by atomic mass is 35.5. The van der Waals surface area contributed by atoms with Crippen LogP contribution in [0, 0.1) is 13.8 Å². The number of hydrogen-bond donors (Lipinski definition) is 0. The Balaban J connectivity index is 1.69. The minimum absolute atomic E-state index is 0.0204. The van der Waals surface area contributed by atoms with Crippen LogP contribution in [0.4, 0.5) is 5.13 Å². The van der Waals surface area contributed by atoms with E-state index >= 15 is 0 Å². The van der Waals surface area contributed by atoms with Crippen molar-refractivity contribution in [3.05, 3.63) is 63.4 Å². The Morgan fingerprint density at radius 1 is 1.19 bits per heavy atom. The van der Waals surface area contributed by atoms with Gasteiger partial charge in [0, 0.05) is 54.0 Å². The van der Waals surface area contributed by atoms with E-state index in [0.717, 1.165) is 62.8 Å².